The summed E-state index contributed by atoms with van der Waals surface area (Å²) in [6, 6.07) is 17.1. The van der Waals surface area contributed by atoms with E-state index in [-0.39, 0.29) is 18.4 Å². The predicted octanol–water partition coefficient (Wildman–Crippen LogP) is 4.46. The summed E-state index contributed by atoms with van der Waals surface area (Å²) in [6.07, 6.45) is 0. The highest BCUT2D eigenvalue weighted by atomic mass is 16.5. The van der Waals surface area contributed by atoms with Crippen LogP contribution in [0.4, 0.5) is 5.69 Å². The van der Waals surface area contributed by atoms with Crippen LogP contribution in [0.2, 0.25) is 0 Å². The second-order valence-electron chi connectivity index (χ2n) is 7.05. The van der Waals surface area contributed by atoms with E-state index in [1.54, 1.807) is 31.4 Å². The minimum absolute atomic E-state index is 0.119. The fourth-order valence-electron chi connectivity index (χ4n) is 3.15. The maximum Gasteiger partial charge on any atom is 0.264 e. The summed E-state index contributed by atoms with van der Waals surface area (Å²) < 4.78 is 12.9. The highest BCUT2D eigenvalue weighted by Gasteiger charge is 2.19. The van der Waals surface area contributed by atoms with E-state index in [9.17, 15) is 4.79 Å². The summed E-state index contributed by atoms with van der Waals surface area (Å²) >= 11 is 0. The smallest absolute Gasteiger partial charge is 0.264 e. The molecule has 0 unspecified atom stereocenters. The summed E-state index contributed by atoms with van der Waals surface area (Å²) in [5.41, 5.74) is 2.35. The average Bonchev–Trinajstić information content (AvgIpc) is 3.34. The monoisotopic (exact) mass is 390 g/mol. The minimum Gasteiger partial charge on any atom is -0.497 e. The highest BCUT2D eigenvalue weighted by molar-refractivity contribution is 5.93. The van der Waals surface area contributed by atoms with Crippen LogP contribution in [-0.4, -0.2) is 27.8 Å². The first-order chi connectivity index (χ1) is 14.0. The third-order valence-electron chi connectivity index (χ3n) is 4.64. The number of nitrogens with zero attached hydrogens (tertiary/aromatic N) is 3. The van der Waals surface area contributed by atoms with Gasteiger partial charge >= 0.3 is 0 Å². The molecule has 4 aromatic rings. The number of amides is 1. The maximum atomic E-state index is 12.7. The normalized spacial score (nSPS) is 11.2. The number of hydrogen-bond acceptors (Lipinski definition) is 5. The zero-order valence-corrected chi connectivity index (χ0v) is 16.5. The van der Waals surface area contributed by atoms with Crippen LogP contribution < -0.4 is 10.1 Å². The van der Waals surface area contributed by atoms with Crippen molar-refractivity contribution in [1.29, 1.82) is 0 Å². The third-order valence-corrected chi connectivity index (χ3v) is 4.64. The molecule has 7 heteroatoms. The van der Waals surface area contributed by atoms with E-state index in [0.717, 1.165) is 22.3 Å². The van der Waals surface area contributed by atoms with Crippen LogP contribution in [0.5, 0.6) is 5.75 Å². The van der Waals surface area contributed by atoms with Gasteiger partial charge in [0, 0.05) is 22.5 Å². The van der Waals surface area contributed by atoms with Gasteiger partial charge in [-0.25, -0.2) is 0 Å². The van der Waals surface area contributed by atoms with Gasteiger partial charge in [0.1, 0.15) is 18.0 Å². The first-order valence-electron chi connectivity index (χ1n) is 9.41. The highest BCUT2D eigenvalue weighted by Crippen LogP contribution is 2.29. The van der Waals surface area contributed by atoms with Crippen molar-refractivity contribution in [2.45, 2.75) is 26.3 Å². The molecule has 1 amide bonds. The molecule has 7 nitrogen and oxygen atoms in total. The van der Waals surface area contributed by atoms with Gasteiger partial charge in [-0.05, 0) is 36.4 Å². The molecular formula is C22H22N4O3. The first-order valence-corrected chi connectivity index (χ1v) is 9.41. The van der Waals surface area contributed by atoms with Gasteiger partial charge in [0.05, 0.1) is 7.11 Å². The lowest BCUT2D eigenvalue weighted by Gasteiger charge is -2.10. The van der Waals surface area contributed by atoms with Crippen molar-refractivity contribution in [2.24, 2.45) is 0 Å². The number of anilines is 1. The average molecular weight is 390 g/mol. The number of aromatic nitrogens is 3. The Kier molecular flexibility index (Phi) is 5.03. The molecule has 2 aromatic heterocycles. The van der Waals surface area contributed by atoms with Crippen molar-refractivity contribution >= 4 is 22.5 Å². The van der Waals surface area contributed by atoms with Gasteiger partial charge in [-0.2, -0.15) is 0 Å². The molecule has 1 N–H and O–H groups in total. The van der Waals surface area contributed by atoms with Crippen LogP contribution in [-0.2, 0) is 11.3 Å². The molecular weight excluding hydrogens is 368 g/mol. The lowest BCUT2D eigenvalue weighted by molar-refractivity contribution is -0.116. The second kappa shape index (κ2) is 7.79. The molecule has 0 atom stereocenters. The Labute approximate surface area is 168 Å². The van der Waals surface area contributed by atoms with Crippen LogP contribution in [0.3, 0.4) is 0 Å². The van der Waals surface area contributed by atoms with Gasteiger partial charge in [0.2, 0.25) is 11.8 Å². The predicted molar refractivity (Wildman–Crippen MR) is 111 cm³/mol. The number of para-hydroxylation sites is 1. The van der Waals surface area contributed by atoms with Crippen LogP contribution in [0.25, 0.3) is 22.5 Å². The van der Waals surface area contributed by atoms with E-state index < -0.39 is 0 Å². The van der Waals surface area contributed by atoms with E-state index in [1.165, 1.54) is 0 Å². The number of carbonyl (C=O) groups excluding carboxylic acids is 1. The Hall–Kier alpha value is -3.61. The van der Waals surface area contributed by atoms with Gasteiger partial charge in [-0.3, -0.25) is 4.79 Å². The number of carbonyl (C=O) groups is 1. The molecule has 0 aliphatic rings. The van der Waals surface area contributed by atoms with Crippen molar-refractivity contribution in [3.63, 3.8) is 0 Å². The van der Waals surface area contributed by atoms with Crippen molar-refractivity contribution in [3.05, 3.63) is 60.5 Å². The number of benzene rings is 2. The van der Waals surface area contributed by atoms with Gasteiger partial charge in [0.25, 0.3) is 5.89 Å². The lowest BCUT2D eigenvalue weighted by Crippen LogP contribution is -2.19. The van der Waals surface area contributed by atoms with Crippen LogP contribution in [0, 0.1) is 0 Å². The van der Waals surface area contributed by atoms with E-state index in [0.29, 0.717) is 17.5 Å². The van der Waals surface area contributed by atoms with Gasteiger partial charge in [-0.15, -0.1) is 10.2 Å². The molecule has 0 saturated heterocycles. The Morgan fingerprint density at radius 1 is 1.14 bits per heavy atom. The van der Waals surface area contributed by atoms with E-state index >= 15 is 0 Å². The summed E-state index contributed by atoms with van der Waals surface area (Å²) in [5.74, 6) is 1.69. The van der Waals surface area contributed by atoms with E-state index in [1.807, 2.05) is 48.7 Å². The first kappa shape index (κ1) is 18.7. The molecule has 0 spiro atoms. The van der Waals surface area contributed by atoms with Crippen LogP contribution >= 0.6 is 0 Å². The summed E-state index contributed by atoms with van der Waals surface area (Å²) in [6.45, 7) is 4.11. The van der Waals surface area contributed by atoms with Crippen LogP contribution in [0.15, 0.2) is 59.0 Å². The number of hydrogen-bond donors (Lipinski definition) is 1. The molecule has 29 heavy (non-hydrogen) atoms. The largest absolute Gasteiger partial charge is 0.497 e. The molecule has 2 heterocycles. The molecule has 148 valence electrons. The standard InChI is InChI=1S/C22H22N4O3/c1-14(2)21-24-25-22(29-21)19-12-15-6-4-5-7-18(15)26(19)13-20(27)23-16-8-10-17(28-3)11-9-16/h4-12,14H,13H2,1-3H3,(H,23,27). The van der Waals surface area contributed by atoms with Crippen LogP contribution in [0.1, 0.15) is 25.7 Å². The zero-order chi connectivity index (χ0) is 20.4. The second-order valence-corrected chi connectivity index (χ2v) is 7.05. The number of nitrogens with one attached hydrogen (secondary N) is 1. The Balaban J connectivity index is 1.65. The Morgan fingerprint density at radius 3 is 2.59 bits per heavy atom. The molecule has 0 aliphatic heterocycles. The van der Waals surface area contributed by atoms with E-state index in [2.05, 4.69) is 15.5 Å². The minimum atomic E-state index is -0.152. The lowest BCUT2D eigenvalue weighted by atomic mass is 10.2. The van der Waals surface area contributed by atoms with Crippen molar-refractivity contribution < 1.29 is 13.9 Å². The summed E-state index contributed by atoms with van der Waals surface area (Å²) in [4.78, 5) is 12.7. The Morgan fingerprint density at radius 2 is 1.90 bits per heavy atom. The molecule has 0 radical (unpaired) electrons. The van der Waals surface area contributed by atoms with Gasteiger partial charge < -0.3 is 19.0 Å². The quantitative estimate of drug-likeness (QED) is 0.525. The molecule has 2 aromatic carbocycles. The molecule has 0 fully saturated rings. The van der Waals surface area contributed by atoms with Gasteiger partial charge in [0.15, 0.2) is 0 Å². The number of ether oxygens (including phenoxy) is 1. The number of methoxy groups -OCH3 is 1. The fourth-order valence-corrected chi connectivity index (χ4v) is 3.15. The maximum absolute atomic E-state index is 12.7. The number of fused-ring (bicyclic) bond motifs is 1. The zero-order valence-electron chi connectivity index (χ0n) is 16.5. The van der Waals surface area contributed by atoms with E-state index in [4.69, 9.17) is 9.15 Å². The topological polar surface area (TPSA) is 82.2 Å². The molecule has 4 rings (SSSR count). The molecule has 0 saturated carbocycles. The van der Waals surface area contributed by atoms with Crippen molar-refractivity contribution in [3.8, 4) is 17.3 Å². The van der Waals surface area contributed by atoms with Crippen molar-refractivity contribution in [2.75, 3.05) is 12.4 Å². The van der Waals surface area contributed by atoms with Crippen molar-refractivity contribution in [1.82, 2.24) is 14.8 Å². The molecule has 0 bridgehead atoms. The Bertz CT molecular complexity index is 1140. The SMILES string of the molecule is COc1ccc(NC(=O)Cn2c(-c3nnc(C(C)C)o3)cc3ccccc32)cc1. The summed E-state index contributed by atoms with van der Waals surface area (Å²) in [5, 5.41) is 12.2. The third kappa shape index (κ3) is 3.85. The molecule has 0 aliphatic carbocycles. The summed E-state index contributed by atoms with van der Waals surface area (Å²) in [7, 11) is 1.61. The number of rotatable bonds is 6. The fraction of sp³-hybridized carbons (Fsp3) is 0.227. The van der Waals surface area contributed by atoms with Gasteiger partial charge in [-0.1, -0.05) is 32.0 Å².